The van der Waals surface area contributed by atoms with Gasteiger partial charge in [-0.15, -0.1) is 0 Å². The van der Waals surface area contributed by atoms with Crippen LogP contribution in [0.5, 0.6) is 0 Å². The summed E-state index contributed by atoms with van der Waals surface area (Å²) >= 11 is 1.37. The highest BCUT2D eigenvalue weighted by Gasteiger charge is 2.11. The fourth-order valence-corrected chi connectivity index (χ4v) is 2.72. The smallest absolute Gasteiger partial charge is 0.264 e. The average molecular weight is 355 g/mol. The van der Waals surface area contributed by atoms with Crippen molar-refractivity contribution in [2.24, 2.45) is 0 Å². The van der Waals surface area contributed by atoms with E-state index in [1.165, 1.54) is 28.9 Å². The van der Waals surface area contributed by atoms with Crippen molar-refractivity contribution in [3.05, 3.63) is 52.2 Å². The normalized spacial score (nSPS) is 10.8. The summed E-state index contributed by atoms with van der Waals surface area (Å²) in [6, 6.07) is 5.69. The Balaban J connectivity index is 1.85. The quantitative estimate of drug-likeness (QED) is 0.570. The van der Waals surface area contributed by atoms with Crippen LogP contribution >= 0.6 is 11.8 Å². The lowest BCUT2D eigenvalue weighted by Gasteiger charge is -2.11. The summed E-state index contributed by atoms with van der Waals surface area (Å²) in [5.41, 5.74) is 2.81. The van der Waals surface area contributed by atoms with E-state index in [2.05, 4.69) is 20.3 Å². The minimum absolute atomic E-state index is 0.126. The minimum atomic E-state index is -0.339. The van der Waals surface area contributed by atoms with Gasteiger partial charge in [-0.1, -0.05) is 23.9 Å². The van der Waals surface area contributed by atoms with E-state index >= 15 is 0 Å². The average Bonchev–Trinajstić information content (AvgIpc) is 2.61. The first-order valence-corrected chi connectivity index (χ1v) is 8.84. The SMILES string of the molecule is CSc1ncc2c(=O)n(CC(=O)Nc3cccc(C)c3C)cnc2n1. The predicted octanol–water partition coefficient (Wildman–Crippen LogP) is 2.16. The van der Waals surface area contributed by atoms with Gasteiger partial charge in [-0.25, -0.2) is 15.0 Å². The number of thioether (sulfide) groups is 1. The van der Waals surface area contributed by atoms with Crippen LogP contribution in [0.2, 0.25) is 0 Å². The molecule has 25 heavy (non-hydrogen) atoms. The molecule has 1 aromatic carbocycles. The Bertz CT molecular complexity index is 1020. The minimum Gasteiger partial charge on any atom is -0.324 e. The van der Waals surface area contributed by atoms with E-state index < -0.39 is 0 Å². The van der Waals surface area contributed by atoms with Crippen molar-refractivity contribution < 1.29 is 4.79 Å². The largest absolute Gasteiger partial charge is 0.324 e. The van der Waals surface area contributed by atoms with Gasteiger partial charge in [-0.05, 0) is 37.3 Å². The van der Waals surface area contributed by atoms with Gasteiger partial charge in [0.1, 0.15) is 18.3 Å². The second-order valence-electron chi connectivity index (χ2n) is 5.57. The second-order valence-corrected chi connectivity index (χ2v) is 6.34. The molecule has 0 aliphatic rings. The molecular weight excluding hydrogens is 338 g/mol. The number of carbonyl (C=O) groups excluding carboxylic acids is 1. The lowest BCUT2D eigenvalue weighted by Crippen LogP contribution is -2.28. The van der Waals surface area contributed by atoms with E-state index in [-0.39, 0.29) is 18.0 Å². The Morgan fingerprint density at radius 1 is 1.28 bits per heavy atom. The number of fused-ring (bicyclic) bond motifs is 1. The van der Waals surface area contributed by atoms with E-state index in [0.29, 0.717) is 16.2 Å². The van der Waals surface area contributed by atoms with Gasteiger partial charge in [0.05, 0.1) is 0 Å². The van der Waals surface area contributed by atoms with Crippen LogP contribution in [-0.2, 0) is 11.3 Å². The Labute approximate surface area is 148 Å². The first-order valence-electron chi connectivity index (χ1n) is 7.62. The maximum Gasteiger partial charge on any atom is 0.264 e. The number of hydrogen-bond donors (Lipinski definition) is 1. The summed E-state index contributed by atoms with van der Waals surface area (Å²) in [4.78, 5) is 37.2. The third-order valence-electron chi connectivity index (χ3n) is 3.93. The van der Waals surface area contributed by atoms with Crippen molar-refractivity contribution in [1.82, 2.24) is 19.5 Å². The van der Waals surface area contributed by atoms with Gasteiger partial charge in [0.15, 0.2) is 10.8 Å². The fourth-order valence-electron chi connectivity index (χ4n) is 2.38. The number of anilines is 1. The van der Waals surface area contributed by atoms with Gasteiger partial charge in [0.2, 0.25) is 5.91 Å². The number of aromatic nitrogens is 4. The Kier molecular flexibility index (Phi) is 4.80. The molecule has 2 aromatic heterocycles. The molecule has 0 aliphatic carbocycles. The number of rotatable bonds is 4. The van der Waals surface area contributed by atoms with Gasteiger partial charge in [-0.2, -0.15) is 0 Å². The van der Waals surface area contributed by atoms with Crippen molar-refractivity contribution in [2.45, 2.75) is 25.5 Å². The lowest BCUT2D eigenvalue weighted by molar-refractivity contribution is -0.116. The van der Waals surface area contributed by atoms with Crippen LogP contribution in [0.3, 0.4) is 0 Å². The Hall–Kier alpha value is -2.74. The number of nitrogens with zero attached hydrogens (tertiary/aromatic N) is 4. The molecule has 0 fully saturated rings. The summed E-state index contributed by atoms with van der Waals surface area (Å²) in [6.07, 6.45) is 4.63. The van der Waals surface area contributed by atoms with Crippen molar-refractivity contribution in [3.63, 3.8) is 0 Å². The van der Waals surface area contributed by atoms with Gasteiger partial charge < -0.3 is 5.32 Å². The number of benzene rings is 1. The monoisotopic (exact) mass is 355 g/mol. The third-order valence-corrected chi connectivity index (χ3v) is 4.49. The van der Waals surface area contributed by atoms with Crippen LogP contribution in [0.4, 0.5) is 5.69 Å². The molecule has 0 spiro atoms. The van der Waals surface area contributed by atoms with E-state index in [4.69, 9.17) is 0 Å². The summed E-state index contributed by atoms with van der Waals surface area (Å²) in [6.45, 7) is 3.79. The molecule has 0 radical (unpaired) electrons. The van der Waals surface area contributed by atoms with E-state index in [9.17, 15) is 9.59 Å². The van der Waals surface area contributed by atoms with E-state index in [1.54, 1.807) is 0 Å². The summed E-state index contributed by atoms with van der Waals surface area (Å²) in [5.74, 6) is -0.293. The number of aryl methyl sites for hydroxylation is 1. The third kappa shape index (κ3) is 3.53. The summed E-state index contributed by atoms with van der Waals surface area (Å²) in [5, 5.41) is 3.67. The predicted molar refractivity (Wildman–Crippen MR) is 97.9 cm³/mol. The zero-order valence-electron chi connectivity index (χ0n) is 14.1. The molecule has 3 aromatic rings. The number of hydrogen-bond acceptors (Lipinski definition) is 6. The van der Waals surface area contributed by atoms with Crippen molar-refractivity contribution in [3.8, 4) is 0 Å². The number of amides is 1. The molecule has 0 unspecified atom stereocenters. The van der Waals surface area contributed by atoms with Gasteiger partial charge >= 0.3 is 0 Å². The molecule has 1 amide bonds. The van der Waals surface area contributed by atoms with Crippen molar-refractivity contribution in [1.29, 1.82) is 0 Å². The zero-order valence-corrected chi connectivity index (χ0v) is 14.9. The molecule has 0 saturated heterocycles. The maximum absolute atomic E-state index is 12.5. The van der Waals surface area contributed by atoms with Crippen LogP contribution in [0.15, 0.2) is 40.7 Å². The molecular formula is C17H17N5O2S. The molecule has 0 aliphatic heterocycles. The van der Waals surface area contributed by atoms with Gasteiger partial charge in [0, 0.05) is 11.9 Å². The van der Waals surface area contributed by atoms with Crippen molar-refractivity contribution >= 4 is 34.4 Å². The maximum atomic E-state index is 12.5. The van der Waals surface area contributed by atoms with Crippen molar-refractivity contribution in [2.75, 3.05) is 11.6 Å². The Morgan fingerprint density at radius 3 is 2.84 bits per heavy atom. The summed E-state index contributed by atoms with van der Waals surface area (Å²) in [7, 11) is 0. The van der Waals surface area contributed by atoms with Crippen LogP contribution in [0, 0.1) is 13.8 Å². The summed E-state index contributed by atoms with van der Waals surface area (Å²) < 4.78 is 1.25. The van der Waals surface area contributed by atoms with E-state index in [0.717, 1.165) is 16.8 Å². The molecule has 8 heteroatoms. The molecule has 0 saturated carbocycles. The van der Waals surface area contributed by atoms with Gasteiger partial charge in [-0.3, -0.25) is 14.2 Å². The molecule has 1 N–H and O–H groups in total. The first-order chi connectivity index (χ1) is 12.0. The topological polar surface area (TPSA) is 89.8 Å². The molecule has 128 valence electrons. The zero-order chi connectivity index (χ0) is 18.0. The molecule has 0 atom stereocenters. The fraction of sp³-hybridized carbons (Fsp3) is 0.235. The number of carbonyl (C=O) groups is 1. The molecule has 7 nitrogen and oxygen atoms in total. The highest BCUT2D eigenvalue weighted by molar-refractivity contribution is 7.98. The van der Waals surface area contributed by atoms with Crippen LogP contribution in [0.1, 0.15) is 11.1 Å². The standard InChI is InChI=1S/C17H17N5O2S/c1-10-5-4-6-13(11(10)2)20-14(23)8-22-9-19-15-12(16(22)24)7-18-17(21-15)25-3/h4-7,9H,8H2,1-3H3,(H,20,23). The number of nitrogens with one attached hydrogen (secondary N) is 1. The highest BCUT2D eigenvalue weighted by atomic mass is 32.2. The van der Waals surface area contributed by atoms with Gasteiger partial charge in [0.25, 0.3) is 5.56 Å². The molecule has 3 rings (SSSR count). The molecule has 2 heterocycles. The van der Waals surface area contributed by atoms with E-state index in [1.807, 2.05) is 38.3 Å². The first kappa shape index (κ1) is 17.1. The highest BCUT2D eigenvalue weighted by Crippen LogP contribution is 2.17. The molecule has 0 bridgehead atoms. The lowest BCUT2D eigenvalue weighted by atomic mass is 10.1. The van der Waals surface area contributed by atoms with Crippen LogP contribution in [0.25, 0.3) is 11.0 Å². The Morgan fingerprint density at radius 2 is 2.08 bits per heavy atom. The van der Waals surface area contributed by atoms with Crippen LogP contribution in [-0.4, -0.2) is 31.7 Å². The second kappa shape index (κ2) is 7.02. The van der Waals surface area contributed by atoms with Crippen LogP contribution < -0.4 is 10.9 Å².